The lowest BCUT2D eigenvalue weighted by molar-refractivity contribution is -0.0417. The number of hydrogen-bond acceptors (Lipinski definition) is 2. The fraction of sp³-hybridized carbons (Fsp3) is 0.417. The van der Waals surface area contributed by atoms with Gasteiger partial charge in [0.25, 0.3) is 0 Å². The van der Waals surface area contributed by atoms with Gasteiger partial charge in [-0.25, -0.2) is 0 Å². The van der Waals surface area contributed by atoms with Gasteiger partial charge in [-0.05, 0) is 18.4 Å². The highest BCUT2D eigenvalue weighted by Crippen LogP contribution is 2.51. The van der Waals surface area contributed by atoms with E-state index in [2.05, 4.69) is 35.6 Å². The van der Waals surface area contributed by atoms with E-state index in [9.17, 15) is 0 Å². The fourth-order valence-corrected chi connectivity index (χ4v) is 2.17. The third kappa shape index (κ3) is 1.07. The summed E-state index contributed by atoms with van der Waals surface area (Å²) in [5.41, 5.74) is 1.07. The summed E-state index contributed by atoms with van der Waals surface area (Å²) in [5, 5.41) is 3.82. The smallest absolute Gasteiger partial charge is 0.171 e. The number of nitrogens with zero attached hydrogens (tertiary/aromatic N) is 1. The van der Waals surface area contributed by atoms with Crippen molar-refractivity contribution < 1.29 is 4.84 Å². The number of hydrogen-bond donors (Lipinski definition) is 0. The van der Waals surface area contributed by atoms with Crippen molar-refractivity contribution in [2.45, 2.75) is 24.9 Å². The molecule has 0 spiro atoms. The molecule has 1 unspecified atom stereocenters. The maximum atomic E-state index is 5.56. The maximum Gasteiger partial charge on any atom is 0.171 e. The molecule has 0 bridgehead atoms. The maximum absolute atomic E-state index is 5.56. The molecule has 2 nitrogen and oxygen atoms in total. The minimum absolute atomic E-state index is 0.179. The molecule has 1 atom stereocenters. The van der Waals surface area contributed by atoms with Crippen molar-refractivity contribution in [3.05, 3.63) is 35.9 Å². The van der Waals surface area contributed by atoms with Crippen molar-refractivity contribution in [1.82, 2.24) is 0 Å². The lowest BCUT2D eigenvalue weighted by Crippen LogP contribution is -2.27. The van der Waals surface area contributed by atoms with Gasteiger partial charge in [-0.2, -0.15) is 0 Å². The van der Waals surface area contributed by atoms with Crippen LogP contribution >= 0.6 is 0 Å². The van der Waals surface area contributed by atoms with E-state index >= 15 is 0 Å². The first-order chi connectivity index (χ1) is 6.92. The Morgan fingerprint density at radius 1 is 1.29 bits per heavy atom. The van der Waals surface area contributed by atoms with E-state index in [1.807, 2.05) is 6.07 Å². The van der Waals surface area contributed by atoms with E-state index in [4.69, 9.17) is 4.84 Å². The van der Waals surface area contributed by atoms with Gasteiger partial charge < -0.3 is 4.84 Å². The van der Waals surface area contributed by atoms with Gasteiger partial charge in [0.2, 0.25) is 0 Å². The monoisotopic (exact) mass is 186 g/mol. The van der Waals surface area contributed by atoms with Crippen LogP contribution in [0.3, 0.4) is 0 Å². The normalized spacial score (nSPS) is 30.3. The van der Waals surface area contributed by atoms with E-state index in [1.165, 1.54) is 18.4 Å². The molecule has 1 aromatic carbocycles. The predicted octanol–water partition coefficient (Wildman–Crippen LogP) is 2.58. The van der Waals surface area contributed by atoms with Crippen LogP contribution < -0.4 is 0 Å². The standard InChI is InChI=1S/C12H12NO/c1-2-4-10(5-3-1)12(11-6-7-11)8-9-13-14-12/h1-5,11H,6-8H2. The average Bonchev–Trinajstić information content (AvgIpc) is 2.99. The van der Waals surface area contributed by atoms with E-state index in [0.717, 1.165) is 6.42 Å². The SMILES string of the molecule is [C]1=NOC(c2ccccc2)(C2CC2)C1. The van der Waals surface area contributed by atoms with Crippen LogP contribution in [0.2, 0.25) is 0 Å². The molecule has 0 amide bonds. The molecule has 14 heavy (non-hydrogen) atoms. The van der Waals surface area contributed by atoms with Gasteiger partial charge in [0.05, 0.1) is 0 Å². The molecule has 2 aliphatic rings. The highest BCUT2D eigenvalue weighted by atomic mass is 16.7. The molecule has 1 saturated carbocycles. The second-order valence-corrected chi connectivity index (χ2v) is 4.05. The minimum atomic E-state index is -0.179. The topological polar surface area (TPSA) is 21.6 Å². The highest BCUT2D eigenvalue weighted by molar-refractivity contribution is 5.61. The van der Waals surface area contributed by atoms with Crippen molar-refractivity contribution in [1.29, 1.82) is 0 Å². The Hall–Kier alpha value is -1.31. The van der Waals surface area contributed by atoms with Crippen LogP contribution in [0.1, 0.15) is 24.8 Å². The fourth-order valence-electron chi connectivity index (χ4n) is 2.17. The first kappa shape index (κ1) is 8.04. The summed E-state index contributed by atoms with van der Waals surface area (Å²) in [6, 6.07) is 10.4. The predicted molar refractivity (Wildman–Crippen MR) is 54.0 cm³/mol. The highest BCUT2D eigenvalue weighted by Gasteiger charge is 2.50. The largest absolute Gasteiger partial charge is 0.383 e. The van der Waals surface area contributed by atoms with Gasteiger partial charge in [0.15, 0.2) is 5.60 Å². The van der Waals surface area contributed by atoms with Crippen molar-refractivity contribution in [3.8, 4) is 0 Å². The Labute approximate surface area is 83.6 Å². The van der Waals surface area contributed by atoms with E-state index in [1.54, 1.807) is 0 Å². The number of benzene rings is 1. The zero-order valence-corrected chi connectivity index (χ0v) is 7.94. The summed E-state index contributed by atoms with van der Waals surface area (Å²) in [6.45, 7) is 0. The summed E-state index contributed by atoms with van der Waals surface area (Å²) in [7, 11) is 0. The first-order valence-electron chi connectivity index (χ1n) is 5.08. The molecule has 0 aromatic heterocycles. The van der Waals surface area contributed by atoms with E-state index in [0.29, 0.717) is 5.92 Å². The van der Waals surface area contributed by atoms with Crippen molar-refractivity contribution in [2.24, 2.45) is 11.1 Å². The zero-order chi connectivity index (χ0) is 9.43. The van der Waals surface area contributed by atoms with Crippen LogP contribution in [-0.2, 0) is 10.4 Å². The van der Waals surface area contributed by atoms with Crippen LogP contribution in [-0.4, -0.2) is 6.21 Å². The quantitative estimate of drug-likeness (QED) is 0.695. The molecule has 1 aliphatic heterocycles. The average molecular weight is 186 g/mol. The molecule has 1 aliphatic carbocycles. The summed E-state index contributed by atoms with van der Waals surface area (Å²) in [4.78, 5) is 5.56. The molecule has 1 heterocycles. The van der Waals surface area contributed by atoms with Gasteiger partial charge in [-0.1, -0.05) is 35.5 Å². The van der Waals surface area contributed by atoms with Gasteiger partial charge in [-0.15, -0.1) is 0 Å². The van der Waals surface area contributed by atoms with Crippen LogP contribution in [0.15, 0.2) is 35.5 Å². The second-order valence-electron chi connectivity index (χ2n) is 4.05. The van der Waals surface area contributed by atoms with Crippen molar-refractivity contribution in [2.75, 3.05) is 0 Å². The van der Waals surface area contributed by atoms with Crippen molar-refractivity contribution in [3.63, 3.8) is 0 Å². The summed E-state index contributed by atoms with van der Waals surface area (Å²) >= 11 is 0. The Morgan fingerprint density at radius 3 is 2.64 bits per heavy atom. The molecule has 3 rings (SSSR count). The van der Waals surface area contributed by atoms with E-state index < -0.39 is 0 Å². The van der Waals surface area contributed by atoms with Crippen LogP contribution in [0, 0.1) is 5.92 Å². The molecule has 1 radical (unpaired) electrons. The van der Waals surface area contributed by atoms with Gasteiger partial charge in [-0.3, -0.25) is 0 Å². The van der Waals surface area contributed by atoms with Crippen LogP contribution in [0.4, 0.5) is 0 Å². The van der Waals surface area contributed by atoms with E-state index in [-0.39, 0.29) is 5.60 Å². The molecule has 1 fully saturated rings. The summed E-state index contributed by atoms with van der Waals surface area (Å²) in [5.74, 6) is 0.642. The third-order valence-corrected chi connectivity index (χ3v) is 3.11. The summed E-state index contributed by atoms with van der Waals surface area (Å²) < 4.78 is 0. The second kappa shape index (κ2) is 2.84. The van der Waals surface area contributed by atoms with Crippen molar-refractivity contribution >= 4 is 6.21 Å². The van der Waals surface area contributed by atoms with Gasteiger partial charge >= 0.3 is 0 Å². The Bertz CT molecular complexity index is 346. The lowest BCUT2D eigenvalue weighted by atomic mass is 9.86. The molecular formula is C12H12NO. The Balaban J connectivity index is 2.00. The molecule has 2 heteroatoms. The van der Waals surface area contributed by atoms with Crippen LogP contribution in [0.25, 0.3) is 0 Å². The molecule has 0 N–H and O–H groups in total. The lowest BCUT2D eigenvalue weighted by Gasteiger charge is -2.26. The number of rotatable bonds is 2. The molecule has 0 saturated heterocycles. The van der Waals surface area contributed by atoms with Crippen LogP contribution in [0.5, 0.6) is 0 Å². The van der Waals surface area contributed by atoms with Gasteiger partial charge in [0.1, 0.15) is 6.21 Å². The minimum Gasteiger partial charge on any atom is -0.383 e. The molecule has 71 valence electrons. The summed E-state index contributed by atoms with van der Waals surface area (Å²) in [6.07, 6.45) is 6.26. The zero-order valence-electron chi connectivity index (χ0n) is 7.94. The first-order valence-corrected chi connectivity index (χ1v) is 5.08. The Kier molecular flexibility index (Phi) is 1.63. The van der Waals surface area contributed by atoms with Gasteiger partial charge in [0, 0.05) is 12.3 Å². The third-order valence-electron chi connectivity index (χ3n) is 3.11. The molecular weight excluding hydrogens is 174 g/mol. The Morgan fingerprint density at radius 2 is 2.07 bits per heavy atom. The molecule has 1 aromatic rings.